The van der Waals surface area contributed by atoms with Crippen LogP contribution in [0, 0.1) is 5.82 Å². The second-order valence-corrected chi connectivity index (χ2v) is 8.82. The summed E-state index contributed by atoms with van der Waals surface area (Å²) in [6.45, 7) is 0.393. The number of hydrogen-bond acceptors (Lipinski definition) is 3. The molecule has 1 amide bonds. The van der Waals surface area contributed by atoms with Gasteiger partial charge in [-0.3, -0.25) is 4.79 Å². The molecule has 5 nitrogen and oxygen atoms in total. The molecule has 1 aliphatic heterocycles. The Morgan fingerprint density at radius 3 is 2.52 bits per heavy atom. The number of benzene rings is 2. The molecule has 0 radical (unpaired) electrons. The minimum absolute atomic E-state index is 0.315. The van der Waals surface area contributed by atoms with E-state index in [1.54, 1.807) is 6.07 Å². The molecule has 1 N–H and O–H groups in total. The number of sulfonamides is 1. The van der Waals surface area contributed by atoms with Gasteiger partial charge in [0.25, 0.3) is 0 Å². The normalized spacial score (nSPS) is 20.0. The van der Waals surface area contributed by atoms with Crippen molar-refractivity contribution in [2.75, 3.05) is 12.8 Å². The lowest BCUT2D eigenvalue weighted by molar-refractivity contribution is 0.213. The Labute approximate surface area is 163 Å². The van der Waals surface area contributed by atoms with Gasteiger partial charge in [0, 0.05) is 12.6 Å². The Morgan fingerprint density at radius 1 is 1.22 bits per heavy atom. The summed E-state index contributed by atoms with van der Waals surface area (Å²) in [7, 11) is -3.41. The summed E-state index contributed by atoms with van der Waals surface area (Å²) in [5, 5.41) is -0.598. The minimum Gasteiger partial charge on any atom is -0.324 e. The Kier molecular flexibility index (Phi) is 5.83. The maximum absolute atomic E-state index is 13.5. The molecule has 2 aromatic carbocycles. The largest absolute Gasteiger partial charge is 0.324 e. The molecule has 0 unspecified atom stereocenters. The zero-order valence-electron chi connectivity index (χ0n) is 14.7. The number of nitrogens with zero attached hydrogens (tertiary/aromatic N) is 1. The molecular weight excluding hydrogens is 391 g/mol. The maximum atomic E-state index is 13.5. The van der Waals surface area contributed by atoms with Crippen molar-refractivity contribution in [1.82, 2.24) is 9.62 Å². The van der Waals surface area contributed by atoms with Gasteiger partial charge in [-0.25, -0.2) is 17.5 Å². The van der Waals surface area contributed by atoms with Crippen LogP contribution >= 0.6 is 11.6 Å². The van der Waals surface area contributed by atoms with Crippen molar-refractivity contribution < 1.29 is 17.6 Å². The van der Waals surface area contributed by atoms with Gasteiger partial charge in [0.2, 0.25) is 10.0 Å². The van der Waals surface area contributed by atoms with Crippen molar-refractivity contribution in [2.45, 2.75) is 24.9 Å². The molecule has 1 aliphatic rings. The van der Waals surface area contributed by atoms with Crippen LogP contribution in [0.3, 0.4) is 0 Å². The van der Waals surface area contributed by atoms with Gasteiger partial charge in [0.1, 0.15) is 5.82 Å². The van der Waals surface area contributed by atoms with Crippen LogP contribution in [0.4, 0.5) is 9.18 Å². The molecule has 0 bridgehead atoms. The quantitative estimate of drug-likeness (QED) is 0.607. The number of carbonyl (C=O) groups is 1. The molecule has 1 saturated heterocycles. The van der Waals surface area contributed by atoms with Crippen molar-refractivity contribution in [2.24, 2.45) is 0 Å². The topological polar surface area (TPSA) is 66.5 Å². The van der Waals surface area contributed by atoms with Gasteiger partial charge in [0.05, 0.1) is 12.3 Å². The summed E-state index contributed by atoms with van der Waals surface area (Å²) >= 11 is 5.69. The molecule has 27 heavy (non-hydrogen) atoms. The number of amides is 1. The van der Waals surface area contributed by atoms with E-state index in [-0.39, 0.29) is 11.9 Å². The maximum Gasteiger partial charge on any atom is 0.316 e. The van der Waals surface area contributed by atoms with Crippen LogP contribution in [-0.4, -0.2) is 43.6 Å². The van der Waals surface area contributed by atoms with Crippen LogP contribution < -0.4 is 4.72 Å². The molecule has 1 fully saturated rings. The molecule has 144 valence electrons. The Balaban J connectivity index is 1.87. The van der Waals surface area contributed by atoms with Crippen molar-refractivity contribution in [3.8, 4) is 11.1 Å². The van der Waals surface area contributed by atoms with E-state index in [4.69, 9.17) is 11.6 Å². The van der Waals surface area contributed by atoms with E-state index < -0.39 is 21.4 Å². The average Bonchev–Trinajstić information content (AvgIpc) is 2.96. The lowest BCUT2D eigenvalue weighted by Gasteiger charge is -2.27. The van der Waals surface area contributed by atoms with Gasteiger partial charge < -0.3 is 4.90 Å². The van der Waals surface area contributed by atoms with Crippen LogP contribution in [0.1, 0.15) is 12.0 Å². The molecule has 2 aromatic rings. The van der Waals surface area contributed by atoms with Gasteiger partial charge in [-0.1, -0.05) is 36.4 Å². The summed E-state index contributed by atoms with van der Waals surface area (Å²) in [5.74, 6) is -0.315. The van der Waals surface area contributed by atoms with E-state index in [1.165, 1.54) is 17.0 Å². The van der Waals surface area contributed by atoms with Crippen LogP contribution in [-0.2, 0) is 16.4 Å². The van der Waals surface area contributed by atoms with Gasteiger partial charge >= 0.3 is 5.37 Å². The molecule has 2 atom stereocenters. The van der Waals surface area contributed by atoms with E-state index in [2.05, 4.69) is 4.72 Å². The number of carbonyl (C=O) groups excluding carboxylic acids is 1. The van der Waals surface area contributed by atoms with Gasteiger partial charge in [-0.2, -0.15) is 0 Å². The van der Waals surface area contributed by atoms with Gasteiger partial charge in [-0.05, 0) is 53.3 Å². The molecule has 0 aliphatic carbocycles. The number of hydrogen-bond donors (Lipinski definition) is 1. The predicted octanol–water partition coefficient (Wildman–Crippen LogP) is 3.39. The number of rotatable bonds is 5. The monoisotopic (exact) mass is 410 g/mol. The third kappa shape index (κ3) is 5.06. The molecule has 0 aromatic heterocycles. The van der Waals surface area contributed by atoms with Crippen LogP contribution in [0.5, 0.6) is 0 Å². The minimum atomic E-state index is -3.41. The summed E-state index contributed by atoms with van der Waals surface area (Å²) in [6.07, 6.45) is 2.04. The Bertz CT molecular complexity index is 951. The van der Waals surface area contributed by atoms with Crippen LogP contribution in [0.15, 0.2) is 48.5 Å². The second-order valence-electron chi connectivity index (χ2n) is 6.71. The first-order chi connectivity index (χ1) is 12.7. The second kappa shape index (κ2) is 7.96. The van der Waals surface area contributed by atoms with Gasteiger partial charge in [0.15, 0.2) is 0 Å². The summed E-state index contributed by atoms with van der Waals surface area (Å²) in [5.41, 5.74) is 2.51. The van der Waals surface area contributed by atoms with Crippen molar-refractivity contribution in [3.63, 3.8) is 0 Å². The molecule has 0 saturated carbocycles. The zero-order chi connectivity index (χ0) is 19.6. The third-order valence-corrected chi connectivity index (χ3v) is 5.61. The third-order valence-electron chi connectivity index (χ3n) is 4.67. The predicted molar refractivity (Wildman–Crippen MR) is 104 cm³/mol. The van der Waals surface area contributed by atoms with E-state index >= 15 is 0 Å². The van der Waals surface area contributed by atoms with Crippen LogP contribution in [0.2, 0.25) is 0 Å². The number of halogens is 2. The fourth-order valence-electron chi connectivity index (χ4n) is 3.52. The van der Waals surface area contributed by atoms with Crippen molar-refractivity contribution in [1.29, 1.82) is 0 Å². The molecule has 1 heterocycles. The SMILES string of the molecule is CS(=O)(=O)N[C@H]1CCN(C(=O)Cl)[C@H]1Cc1cccc(-c2cccc(F)c2)c1. The van der Waals surface area contributed by atoms with E-state index in [9.17, 15) is 17.6 Å². The highest BCUT2D eigenvalue weighted by Gasteiger charge is 2.37. The summed E-state index contributed by atoms with van der Waals surface area (Å²) < 4.78 is 39.4. The number of nitrogens with one attached hydrogen (secondary N) is 1. The summed E-state index contributed by atoms with van der Waals surface area (Å²) in [6, 6.07) is 13.1. The fraction of sp³-hybridized carbons (Fsp3) is 0.316. The smallest absolute Gasteiger partial charge is 0.316 e. The molecular formula is C19H20ClFN2O3S. The van der Waals surface area contributed by atoms with Gasteiger partial charge in [-0.15, -0.1) is 0 Å². The highest BCUT2D eigenvalue weighted by Crippen LogP contribution is 2.27. The first-order valence-electron chi connectivity index (χ1n) is 8.51. The van der Waals surface area contributed by atoms with E-state index in [1.807, 2.05) is 30.3 Å². The van der Waals surface area contributed by atoms with Crippen molar-refractivity contribution >= 4 is 27.0 Å². The molecule has 8 heteroatoms. The van der Waals surface area contributed by atoms with E-state index in [0.717, 1.165) is 22.9 Å². The summed E-state index contributed by atoms with van der Waals surface area (Å²) in [4.78, 5) is 13.2. The molecule has 0 spiro atoms. The Hall–Kier alpha value is -1.96. The fourth-order valence-corrected chi connectivity index (χ4v) is 4.56. The first kappa shape index (κ1) is 19.8. The average molecular weight is 411 g/mol. The lowest BCUT2D eigenvalue weighted by Crippen LogP contribution is -2.46. The highest BCUT2D eigenvalue weighted by molar-refractivity contribution is 7.88. The standard InChI is InChI=1S/C19H20ClFN2O3S/c1-27(25,26)22-17-8-9-23(19(20)24)18(17)11-13-4-2-5-14(10-13)15-6-3-7-16(21)12-15/h2-7,10,12,17-18,22H,8-9,11H2,1H3/t17-,18-/m0/s1. The highest BCUT2D eigenvalue weighted by atomic mass is 35.5. The molecule has 3 rings (SSSR count). The number of likely N-dealkylation sites (tertiary alicyclic amines) is 1. The van der Waals surface area contributed by atoms with Crippen molar-refractivity contribution in [3.05, 3.63) is 59.9 Å². The zero-order valence-corrected chi connectivity index (χ0v) is 16.3. The van der Waals surface area contributed by atoms with E-state index in [0.29, 0.717) is 19.4 Å². The Morgan fingerprint density at radius 2 is 1.89 bits per heavy atom. The lowest BCUT2D eigenvalue weighted by atomic mass is 9.97. The first-order valence-corrected chi connectivity index (χ1v) is 10.8. The van der Waals surface area contributed by atoms with Crippen LogP contribution in [0.25, 0.3) is 11.1 Å².